The van der Waals surface area contributed by atoms with Gasteiger partial charge in [0.2, 0.25) is 10.0 Å². The van der Waals surface area contributed by atoms with Crippen LogP contribution in [-0.4, -0.2) is 8.42 Å². The van der Waals surface area contributed by atoms with Crippen molar-refractivity contribution in [3.8, 4) is 0 Å². The van der Waals surface area contributed by atoms with Crippen LogP contribution in [0.25, 0.3) is 0 Å². The van der Waals surface area contributed by atoms with Crippen LogP contribution in [0.15, 0.2) is 59.5 Å². The Morgan fingerprint density at radius 1 is 1.00 bits per heavy atom. The van der Waals surface area contributed by atoms with E-state index in [4.69, 9.17) is 0 Å². The molecule has 0 aromatic heterocycles. The molecule has 2 rings (SSSR count). The van der Waals surface area contributed by atoms with Gasteiger partial charge in [0.05, 0.1) is 4.90 Å². The number of nitrogens with one attached hydrogen (secondary N) is 1. The number of aryl methyl sites for hydroxylation is 1. The monoisotopic (exact) mass is 289 g/mol. The molecule has 2 aromatic carbocycles. The highest BCUT2D eigenvalue weighted by Gasteiger charge is 2.19. The Balaban J connectivity index is 2.24. The summed E-state index contributed by atoms with van der Waals surface area (Å²) < 4.78 is 27.4. The average Bonchev–Trinajstić information content (AvgIpc) is 2.47. The largest absolute Gasteiger partial charge is 0.241 e. The van der Waals surface area contributed by atoms with Gasteiger partial charge < -0.3 is 0 Å². The van der Waals surface area contributed by atoms with E-state index in [2.05, 4.69) is 4.72 Å². The second-order valence-electron chi connectivity index (χ2n) is 4.81. The maximum Gasteiger partial charge on any atom is 0.241 e. The van der Waals surface area contributed by atoms with Crippen LogP contribution in [0.2, 0.25) is 0 Å². The maximum absolute atomic E-state index is 12.3. The molecule has 0 saturated carbocycles. The molecule has 3 nitrogen and oxygen atoms in total. The minimum Gasteiger partial charge on any atom is -0.207 e. The fourth-order valence-electron chi connectivity index (χ4n) is 2.04. The van der Waals surface area contributed by atoms with Gasteiger partial charge >= 0.3 is 0 Å². The molecule has 0 fully saturated rings. The summed E-state index contributed by atoms with van der Waals surface area (Å²) in [5, 5.41) is 0. The zero-order chi connectivity index (χ0) is 14.6. The molecule has 0 aliphatic rings. The molecule has 0 aliphatic heterocycles. The summed E-state index contributed by atoms with van der Waals surface area (Å²) in [7, 11) is -3.48. The SMILES string of the molecule is CC[C@@H](NS(=O)(=O)c1ccccc1)c1ccc(C)cc1. The standard InChI is InChI=1S/C16H19NO2S/c1-3-16(14-11-9-13(2)10-12-14)17-20(18,19)15-7-5-4-6-8-15/h4-12,16-17H,3H2,1-2H3/t16-/m1/s1. The summed E-state index contributed by atoms with van der Waals surface area (Å²) in [6.45, 7) is 3.98. The number of hydrogen-bond donors (Lipinski definition) is 1. The van der Waals surface area contributed by atoms with Gasteiger partial charge in [0.15, 0.2) is 0 Å². The van der Waals surface area contributed by atoms with Gasteiger partial charge in [-0.3, -0.25) is 0 Å². The predicted octanol–water partition coefficient (Wildman–Crippen LogP) is 3.42. The topological polar surface area (TPSA) is 46.2 Å². The molecule has 1 atom stereocenters. The molecule has 0 bridgehead atoms. The van der Waals surface area contributed by atoms with Crippen LogP contribution in [0.5, 0.6) is 0 Å². The Bertz CT molecular complexity index is 649. The Morgan fingerprint density at radius 2 is 1.60 bits per heavy atom. The zero-order valence-corrected chi connectivity index (χ0v) is 12.5. The molecule has 106 valence electrons. The van der Waals surface area contributed by atoms with Crippen molar-refractivity contribution in [3.05, 3.63) is 65.7 Å². The quantitative estimate of drug-likeness (QED) is 0.916. The molecule has 0 unspecified atom stereocenters. The molecular formula is C16H19NO2S. The molecule has 0 radical (unpaired) electrons. The van der Waals surface area contributed by atoms with Gasteiger partial charge in [-0.1, -0.05) is 55.0 Å². The molecule has 2 aromatic rings. The molecular weight excluding hydrogens is 270 g/mol. The van der Waals surface area contributed by atoms with E-state index >= 15 is 0 Å². The molecule has 4 heteroatoms. The van der Waals surface area contributed by atoms with Crippen molar-refractivity contribution < 1.29 is 8.42 Å². The van der Waals surface area contributed by atoms with Crippen LogP contribution < -0.4 is 4.72 Å². The van der Waals surface area contributed by atoms with Gasteiger partial charge in [0.25, 0.3) is 0 Å². The first kappa shape index (κ1) is 14.8. The van der Waals surface area contributed by atoms with E-state index in [0.717, 1.165) is 11.1 Å². The van der Waals surface area contributed by atoms with Crippen LogP contribution in [0, 0.1) is 6.92 Å². The van der Waals surface area contributed by atoms with Crippen molar-refractivity contribution in [2.45, 2.75) is 31.2 Å². The lowest BCUT2D eigenvalue weighted by Crippen LogP contribution is -2.28. The van der Waals surface area contributed by atoms with Gasteiger partial charge in [-0.05, 0) is 31.0 Å². The zero-order valence-electron chi connectivity index (χ0n) is 11.7. The van der Waals surface area contributed by atoms with Gasteiger partial charge in [-0.15, -0.1) is 0 Å². The molecule has 20 heavy (non-hydrogen) atoms. The van der Waals surface area contributed by atoms with Crippen LogP contribution in [0.3, 0.4) is 0 Å². The second-order valence-corrected chi connectivity index (χ2v) is 6.52. The van der Waals surface area contributed by atoms with Crippen molar-refractivity contribution in [1.29, 1.82) is 0 Å². The van der Waals surface area contributed by atoms with Crippen LogP contribution in [-0.2, 0) is 10.0 Å². The second kappa shape index (κ2) is 6.20. The van der Waals surface area contributed by atoms with Crippen molar-refractivity contribution in [1.82, 2.24) is 4.72 Å². The lowest BCUT2D eigenvalue weighted by Gasteiger charge is -2.17. The van der Waals surface area contributed by atoms with E-state index in [0.29, 0.717) is 11.3 Å². The molecule has 0 aliphatic carbocycles. The van der Waals surface area contributed by atoms with E-state index < -0.39 is 10.0 Å². The first-order chi connectivity index (χ1) is 9.53. The Hall–Kier alpha value is -1.65. The predicted molar refractivity (Wildman–Crippen MR) is 81.0 cm³/mol. The lowest BCUT2D eigenvalue weighted by molar-refractivity contribution is 0.550. The van der Waals surface area contributed by atoms with Crippen molar-refractivity contribution in [3.63, 3.8) is 0 Å². The third-order valence-electron chi connectivity index (χ3n) is 3.24. The van der Waals surface area contributed by atoms with Gasteiger partial charge in [-0.2, -0.15) is 0 Å². The Morgan fingerprint density at radius 3 is 2.15 bits per heavy atom. The molecule has 0 amide bonds. The van der Waals surface area contributed by atoms with Gasteiger partial charge in [0, 0.05) is 6.04 Å². The van der Waals surface area contributed by atoms with E-state index in [-0.39, 0.29) is 6.04 Å². The minimum absolute atomic E-state index is 0.208. The summed E-state index contributed by atoms with van der Waals surface area (Å²) in [5.41, 5.74) is 2.15. The van der Waals surface area contributed by atoms with Gasteiger partial charge in [0.1, 0.15) is 0 Å². The smallest absolute Gasteiger partial charge is 0.207 e. The van der Waals surface area contributed by atoms with Crippen LogP contribution >= 0.6 is 0 Å². The molecule has 0 heterocycles. The van der Waals surface area contributed by atoms with Gasteiger partial charge in [-0.25, -0.2) is 13.1 Å². The first-order valence-electron chi connectivity index (χ1n) is 6.67. The molecule has 0 saturated heterocycles. The normalized spacial score (nSPS) is 13.1. The minimum atomic E-state index is -3.48. The highest BCUT2D eigenvalue weighted by Crippen LogP contribution is 2.20. The summed E-state index contributed by atoms with van der Waals surface area (Å²) in [6.07, 6.45) is 0.703. The maximum atomic E-state index is 12.3. The van der Waals surface area contributed by atoms with E-state index in [1.807, 2.05) is 38.1 Å². The van der Waals surface area contributed by atoms with Crippen LogP contribution in [0.1, 0.15) is 30.5 Å². The number of benzene rings is 2. The molecule has 0 spiro atoms. The molecule has 1 N–H and O–H groups in total. The summed E-state index contributed by atoms with van der Waals surface area (Å²) in [5.74, 6) is 0. The Kier molecular flexibility index (Phi) is 4.57. The van der Waals surface area contributed by atoms with E-state index in [1.54, 1.807) is 30.3 Å². The number of sulfonamides is 1. The third-order valence-corrected chi connectivity index (χ3v) is 4.73. The fourth-order valence-corrected chi connectivity index (χ4v) is 3.37. The number of rotatable bonds is 5. The van der Waals surface area contributed by atoms with Crippen molar-refractivity contribution >= 4 is 10.0 Å². The van der Waals surface area contributed by atoms with Crippen molar-refractivity contribution in [2.24, 2.45) is 0 Å². The lowest BCUT2D eigenvalue weighted by atomic mass is 10.0. The van der Waals surface area contributed by atoms with E-state index in [1.165, 1.54) is 0 Å². The summed E-state index contributed by atoms with van der Waals surface area (Å²) in [4.78, 5) is 0.297. The fraction of sp³-hybridized carbons (Fsp3) is 0.250. The summed E-state index contributed by atoms with van der Waals surface area (Å²) >= 11 is 0. The van der Waals surface area contributed by atoms with Crippen molar-refractivity contribution in [2.75, 3.05) is 0 Å². The number of hydrogen-bond acceptors (Lipinski definition) is 2. The highest BCUT2D eigenvalue weighted by atomic mass is 32.2. The summed E-state index contributed by atoms with van der Waals surface area (Å²) in [6, 6.07) is 16.2. The van der Waals surface area contributed by atoms with Crippen LogP contribution in [0.4, 0.5) is 0 Å². The third kappa shape index (κ3) is 3.46. The van der Waals surface area contributed by atoms with E-state index in [9.17, 15) is 8.42 Å². The first-order valence-corrected chi connectivity index (χ1v) is 8.15. The average molecular weight is 289 g/mol. The Labute approximate surface area is 120 Å². The highest BCUT2D eigenvalue weighted by molar-refractivity contribution is 7.89.